The maximum atomic E-state index is 11.7. The summed E-state index contributed by atoms with van der Waals surface area (Å²) in [5, 5.41) is 7.27. The lowest BCUT2D eigenvalue weighted by Gasteiger charge is -2.02. The van der Waals surface area contributed by atoms with Crippen LogP contribution < -0.4 is 5.32 Å². The lowest BCUT2D eigenvalue weighted by Crippen LogP contribution is -2.25. The first-order valence-corrected chi connectivity index (χ1v) is 7.24. The van der Waals surface area contributed by atoms with Gasteiger partial charge in [-0.1, -0.05) is 0 Å². The van der Waals surface area contributed by atoms with Gasteiger partial charge in [0.25, 0.3) is 0 Å². The molecule has 1 amide bonds. The van der Waals surface area contributed by atoms with Crippen molar-refractivity contribution in [2.75, 3.05) is 6.54 Å². The summed E-state index contributed by atoms with van der Waals surface area (Å²) in [6.45, 7) is 1.10. The molecule has 6 nitrogen and oxygen atoms in total. The summed E-state index contributed by atoms with van der Waals surface area (Å²) in [6, 6.07) is 9.32. The van der Waals surface area contributed by atoms with Crippen LogP contribution >= 0.6 is 0 Å². The van der Waals surface area contributed by atoms with Gasteiger partial charge < -0.3 is 9.73 Å². The Balaban J connectivity index is 1.48. The molecule has 1 N–H and O–H groups in total. The number of nitrogens with one attached hydrogen (secondary N) is 1. The molecular weight excluding hydrogens is 292 g/mol. The number of hydrogen-bond acceptors (Lipinski definition) is 4. The maximum absolute atomic E-state index is 11.7. The van der Waals surface area contributed by atoms with Crippen molar-refractivity contribution in [3.8, 4) is 11.3 Å². The fourth-order valence-corrected chi connectivity index (χ4v) is 2.06. The van der Waals surface area contributed by atoms with Crippen LogP contribution in [0.3, 0.4) is 0 Å². The quantitative estimate of drug-likeness (QED) is 0.710. The average molecular weight is 308 g/mol. The summed E-state index contributed by atoms with van der Waals surface area (Å²) < 4.78 is 6.92. The zero-order chi connectivity index (χ0) is 15.9. The number of pyridine rings is 1. The van der Waals surface area contributed by atoms with Crippen LogP contribution in [0.15, 0.2) is 65.7 Å². The van der Waals surface area contributed by atoms with E-state index in [0.717, 1.165) is 11.3 Å². The van der Waals surface area contributed by atoms with E-state index in [1.807, 2.05) is 24.4 Å². The third-order valence-electron chi connectivity index (χ3n) is 3.20. The largest absolute Gasteiger partial charge is 0.465 e. The number of furan rings is 1. The molecular formula is C17H16N4O2. The van der Waals surface area contributed by atoms with Gasteiger partial charge in [-0.2, -0.15) is 5.10 Å². The van der Waals surface area contributed by atoms with Crippen molar-refractivity contribution < 1.29 is 9.21 Å². The fourth-order valence-electron chi connectivity index (χ4n) is 2.06. The highest BCUT2D eigenvalue weighted by Crippen LogP contribution is 2.14. The minimum absolute atomic E-state index is 0.164. The molecule has 0 unspecified atom stereocenters. The van der Waals surface area contributed by atoms with Crippen LogP contribution in [-0.2, 0) is 11.3 Å². The summed E-state index contributed by atoms with van der Waals surface area (Å²) in [5.74, 6) is 0.483. The molecule has 0 aliphatic rings. The van der Waals surface area contributed by atoms with Gasteiger partial charge in [-0.05, 0) is 36.4 Å². The molecule has 3 heterocycles. The zero-order valence-corrected chi connectivity index (χ0v) is 12.4. The Hall–Kier alpha value is -3.15. The van der Waals surface area contributed by atoms with Crippen LogP contribution in [0, 0.1) is 0 Å². The first-order chi connectivity index (χ1) is 11.3. The number of nitrogens with zero attached hydrogens (tertiary/aromatic N) is 3. The Morgan fingerprint density at radius 3 is 2.91 bits per heavy atom. The van der Waals surface area contributed by atoms with Crippen LogP contribution in [0.4, 0.5) is 0 Å². The Morgan fingerprint density at radius 2 is 2.13 bits per heavy atom. The number of carbonyl (C=O) groups excluding carboxylic acids is 1. The third kappa shape index (κ3) is 4.16. The predicted molar refractivity (Wildman–Crippen MR) is 86.2 cm³/mol. The fraction of sp³-hybridized carbons (Fsp3) is 0.118. The second kappa shape index (κ2) is 7.22. The SMILES string of the molecule is O=C(C=Cc1ccco1)NCCn1ccc(-c2ccncc2)n1. The van der Waals surface area contributed by atoms with E-state index in [0.29, 0.717) is 18.8 Å². The van der Waals surface area contributed by atoms with E-state index in [9.17, 15) is 4.79 Å². The summed E-state index contributed by atoms with van der Waals surface area (Å²) in [4.78, 5) is 15.7. The number of rotatable bonds is 6. The average Bonchev–Trinajstić information content (AvgIpc) is 3.26. The van der Waals surface area contributed by atoms with Crippen LogP contribution in [0.5, 0.6) is 0 Å². The van der Waals surface area contributed by atoms with E-state index in [-0.39, 0.29) is 5.91 Å². The van der Waals surface area contributed by atoms with E-state index in [2.05, 4.69) is 15.4 Å². The van der Waals surface area contributed by atoms with Crippen molar-refractivity contribution in [2.45, 2.75) is 6.54 Å². The molecule has 0 aliphatic heterocycles. The van der Waals surface area contributed by atoms with Gasteiger partial charge in [0, 0.05) is 36.8 Å². The topological polar surface area (TPSA) is 73.0 Å². The van der Waals surface area contributed by atoms with E-state index < -0.39 is 0 Å². The standard InChI is InChI=1S/C17H16N4O2/c22-17(4-3-15-2-1-13-23-15)19-10-12-21-11-7-16(20-21)14-5-8-18-9-6-14/h1-9,11,13H,10,12H2,(H,19,22). The predicted octanol–water partition coefficient (Wildman–Crippen LogP) is 2.37. The van der Waals surface area contributed by atoms with Crippen molar-refractivity contribution in [3.05, 3.63) is 67.0 Å². The Morgan fingerprint density at radius 1 is 1.26 bits per heavy atom. The van der Waals surface area contributed by atoms with Crippen LogP contribution in [0.25, 0.3) is 17.3 Å². The molecule has 23 heavy (non-hydrogen) atoms. The second-order valence-corrected chi connectivity index (χ2v) is 4.84. The molecule has 0 atom stereocenters. The lowest BCUT2D eigenvalue weighted by atomic mass is 10.2. The summed E-state index contributed by atoms with van der Waals surface area (Å²) in [6.07, 6.45) is 10.0. The molecule has 0 fully saturated rings. The number of carbonyl (C=O) groups is 1. The summed E-state index contributed by atoms with van der Waals surface area (Å²) >= 11 is 0. The number of amides is 1. The molecule has 3 aromatic heterocycles. The van der Waals surface area contributed by atoms with Crippen molar-refractivity contribution >= 4 is 12.0 Å². The van der Waals surface area contributed by atoms with E-state index in [4.69, 9.17) is 4.42 Å². The van der Waals surface area contributed by atoms with Gasteiger partial charge in [-0.25, -0.2) is 0 Å². The second-order valence-electron chi connectivity index (χ2n) is 4.84. The molecule has 0 aliphatic carbocycles. The Kier molecular flexibility index (Phi) is 4.63. The Bertz CT molecular complexity index is 776. The van der Waals surface area contributed by atoms with E-state index in [1.165, 1.54) is 6.08 Å². The molecule has 0 aromatic carbocycles. The van der Waals surface area contributed by atoms with Gasteiger partial charge in [-0.3, -0.25) is 14.5 Å². The summed E-state index contributed by atoms with van der Waals surface area (Å²) in [7, 11) is 0. The smallest absolute Gasteiger partial charge is 0.244 e. The molecule has 0 radical (unpaired) electrons. The molecule has 116 valence electrons. The molecule has 3 rings (SSSR count). The van der Waals surface area contributed by atoms with Crippen molar-refractivity contribution in [1.29, 1.82) is 0 Å². The normalized spacial score (nSPS) is 11.0. The van der Waals surface area contributed by atoms with Crippen LogP contribution in [-0.4, -0.2) is 27.2 Å². The number of aromatic nitrogens is 3. The highest BCUT2D eigenvalue weighted by Gasteiger charge is 2.02. The molecule has 0 saturated heterocycles. The first-order valence-electron chi connectivity index (χ1n) is 7.24. The van der Waals surface area contributed by atoms with Crippen LogP contribution in [0.2, 0.25) is 0 Å². The summed E-state index contributed by atoms with van der Waals surface area (Å²) in [5.41, 5.74) is 1.90. The van der Waals surface area contributed by atoms with Crippen LogP contribution in [0.1, 0.15) is 5.76 Å². The van der Waals surface area contributed by atoms with Gasteiger partial charge in [0.05, 0.1) is 18.5 Å². The molecule has 0 spiro atoms. The highest BCUT2D eigenvalue weighted by molar-refractivity contribution is 5.91. The van der Waals surface area contributed by atoms with Crippen molar-refractivity contribution in [3.63, 3.8) is 0 Å². The minimum Gasteiger partial charge on any atom is -0.465 e. The first kappa shape index (κ1) is 14.8. The van der Waals surface area contributed by atoms with E-state index >= 15 is 0 Å². The van der Waals surface area contributed by atoms with Gasteiger partial charge in [0.15, 0.2) is 0 Å². The van der Waals surface area contributed by atoms with Gasteiger partial charge in [0.1, 0.15) is 5.76 Å². The van der Waals surface area contributed by atoms with E-state index in [1.54, 1.807) is 41.5 Å². The lowest BCUT2D eigenvalue weighted by molar-refractivity contribution is -0.116. The van der Waals surface area contributed by atoms with Gasteiger partial charge >= 0.3 is 0 Å². The molecule has 0 saturated carbocycles. The minimum atomic E-state index is -0.164. The van der Waals surface area contributed by atoms with Crippen molar-refractivity contribution in [1.82, 2.24) is 20.1 Å². The Labute approximate surface area is 133 Å². The molecule has 3 aromatic rings. The maximum Gasteiger partial charge on any atom is 0.244 e. The zero-order valence-electron chi connectivity index (χ0n) is 12.4. The highest BCUT2D eigenvalue weighted by atomic mass is 16.3. The van der Waals surface area contributed by atoms with Crippen molar-refractivity contribution in [2.24, 2.45) is 0 Å². The van der Waals surface area contributed by atoms with Gasteiger partial charge in [-0.15, -0.1) is 0 Å². The molecule has 6 heteroatoms. The van der Waals surface area contributed by atoms with Gasteiger partial charge in [0.2, 0.25) is 5.91 Å². The monoisotopic (exact) mass is 308 g/mol. The third-order valence-corrected chi connectivity index (χ3v) is 3.20. The number of hydrogen-bond donors (Lipinski definition) is 1. The molecule has 0 bridgehead atoms.